The van der Waals surface area contributed by atoms with Crippen LogP contribution in [0.25, 0.3) is 0 Å². The number of benzene rings is 2. The van der Waals surface area contributed by atoms with E-state index in [4.69, 9.17) is 10.5 Å². The van der Waals surface area contributed by atoms with Gasteiger partial charge in [0, 0.05) is 11.4 Å². The Labute approximate surface area is 114 Å². The molecule has 0 aromatic heterocycles. The van der Waals surface area contributed by atoms with Crippen molar-refractivity contribution in [2.24, 2.45) is 5.73 Å². The van der Waals surface area contributed by atoms with Crippen LogP contribution in [0.1, 0.15) is 12.8 Å². The fourth-order valence-electron chi connectivity index (χ4n) is 1.76. The summed E-state index contributed by atoms with van der Waals surface area (Å²) in [5.74, 6) is 0.899. The van der Waals surface area contributed by atoms with Gasteiger partial charge in [0.25, 0.3) is 0 Å². The monoisotopic (exact) mass is 256 g/mol. The van der Waals surface area contributed by atoms with E-state index < -0.39 is 0 Å². The Kier molecular flexibility index (Phi) is 5.26. The second-order valence-electron chi connectivity index (χ2n) is 4.36. The zero-order chi connectivity index (χ0) is 13.3. The molecule has 3 N–H and O–H groups in total. The van der Waals surface area contributed by atoms with Crippen LogP contribution in [0, 0.1) is 0 Å². The summed E-state index contributed by atoms with van der Waals surface area (Å²) in [6.45, 7) is 1.45. The van der Waals surface area contributed by atoms with Crippen LogP contribution in [0.4, 0.5) is 11.4 Å². The van der Waals surface area contributed by atoms with Gasteiger partial charge < -0.3 is 15.8 Å². The highest BCUT2D eigenvalue weighted by molar-refractivity contribution is 5.59. The number of ether oxygens (including phenoxy) is 1. The molecule has 0 bridgehead atoms. The Morgan fingerprint density at radius 2 is 1.53 bits per heavy atom. The summed E-state index contributed by atoms with van der Waals surface area (Å²) in [7, 11) is 0. The van der Waals surface area contributed by atoms with Crippen LogP contribution >= 0.6 is 0 Å². The molecule has 100 valence electrons. The maximum atomic E-state index is 5.63. The van der Waals surface area contributed by atoms with E-state index in [1.807, 2.05) is 54.6 Å². The standard InChI is InChI=1S/C16H20N2O/c17-12-4-5-13-19-16-10-8-15(9-11-16)18-14-6-2-1-3-7-14/h1-3,6-11,18H,4-5,12-13,17H2. The van der Waals surface area contributed by atoms with Crippen molar-refractivity contribution < 1.29 is 4.74 Å². The van der Waals surface area contributed by atoms with E-state index in [1.54, 1.807) is 0 Å². The average Bonchev–Trinajstić information content (AvgIpc) is 2.46. The zero-order valence-corrected chi connectivity index (χ0v) is 11.0. The molecular formula is C16H20N2O. The predicted molar refractivity (Wildman–Crippen MR) is 80.0 cm³/mol. The van der Waals surface area contributed by atoms with Gasteiger partial charge in [-0.25, -0.2) is 0 Å². The molecule has 2 aromatic rings. The van der Waals surface area contributed by atoms with Crippen molar-refractivity contribution in [3.05, 3.63) is 54.6 Å². The normalized spacial score (nSPS) is 10.2. The first kappa shape index (κ1) is 13.4. The summed E-state index contributed by atoms with van der Waals surface area (Å²) in [6.07, 6.45) is 2.01. The van der Waals surface area contributed by atoms with Crippen LogP contribution < -0.4 is 15.8 Å². The maximum absolute atomic E-state index is 5.63. The Morgan fingerprint density at radius 1 is 0.842 bits per heavy atom. The van der Waals surface area contributed by atoms with Gasteiger partial charge >= 0.3 is 0 Å². The summed E-state index contributed by atoms with van der Waals surface area (Å²) in [6, 6.07) is 18.1. The highest BCUT2D eigenvalue weighted by Gasteiger charge is 1.96. The first-order valence-electron chi connectivity index (χ1n) is 6.63. The number of nitrogens with two attached hydrogens (primary N) is 1. The third-order valence-electron chi connectivity index (χ3n) is 2.78. The van der Waals surface area contributed by atoms with Crippen LogP contribution in [-0.4, -0.2) is 13.2 Å². The Morgan fingerprint density at radius 3 is 2.21 bits per heavy atom. The SMILES string of the molecule is NCCCCOc1ccc(Nc2ccccc2)cc1. The summed E-state index contributed by atoms with van der Waals surface area (Å²) in [5, 5.41) is 3.34. The van der Waals surface area contributed by atoms with E-state index in [1.165, 1.54) is 0 Å². The van der Waals surface area contributed by atoms with Crippen LogP contribution in [0.2, 0.25) is 0 Å². The Bertz CT molecular complexity index is 468. The fourth-order valence-corrected chi connectivity index (χ4v) is 1.76. The Hall–Kier alpha value is -2.00. The number of hydrogen-bond acceptors (Lipinski definition) is 3. The van der Waals surface area contributed by atoms with Gasteiger partial charge in [-0.05, 0) is 55.8 Å². The van der Waals surface area contributed by atoms with Crippen molar-refractivity contribution in [2.75, 3.05) is 18.5 Å². The van der Waals surface area contributed by atoms with Crippen molar-refractivity contribution in [2.45, 2.75) is 12.8 Å². The molecule has 0 saturated heterocycles. The van der Waals surface area contributed by atoms with E-state index in [9.17, 15) is 0 Å². The van der Waals surface area contributed by atoms with Crippen molar-refractivity contribution in [1.29, 1.82) is 0 Å². The third kappa shape index (κ3) is 4.64. The highest BCUT2D eigenvalue weighted by Crippen LogP contribution is 2.19. The number of nitrogens with one attached hydrogen (secondary N) is 1. The second kappa shape index (κ2) is 7.44. The molecular weight excluding hydrogens is 236 g/mol. The summed E-state index contributed by atoms with van der Waals surface area (Å²) >= 11 is 0. The number of anilines is 2. The molecule has 0 radical (unpaired) electrons. The molecule has 2 rings (SSSR count). The van der Waals surface area contributed by atoms with Gasteiger partial charge in [-0.2, -0.15) is 0 Å². The van der Waals surface area contributed by atoms with Gasteiger partial charge in [-0.15, -0.1) is 0 Å². The highest BCUT2D eigenvalue weighted by atomic mass is 16.5. The molecule has 19 heavy (non-hydrogen) atoms. The average molecular weight is 256 g/mol. The van der Waals surface area contributed by atoms with Gasteiger partial charge in [-0.3, -0.25) is 0 Å². The van der Waals surface area contributed by atoms with E-state index in [-0.39, 0.29) is 0 Å². The van der Waals surface area contributed by atoms with E-state index in [2.05, 4.69) is 5.32 Å². The fraction of sp³-hybridized carbons (Fsp3) is 0.250. The lowest BCUT2D eigenvalue weighted by Crippen LogP contribution is -2.03. The molecule has 0 amide bonds. The van der Waals surface area contributed by atoms with Crippen molar-refractivity contribution in [3.8, 4) is 5.75 Å². The van der Waals surface area contributed by atoms with Crippen LogP contribution in [0.15, 0.2) is 54.6 Å². The number of unbranched alkanes of at least 4 members (excludes halogenated alkanes) is 1. The molecule has 0 aliphatic carbocycles. The lowest BCUT2D eigenvalue weighted by Gasteiger charge is -2.08. The molecule has 0 unspecified atom stereocenters. The summed E-state index contributed by atoms with van der Waals surface area (Å²) in [4.78, 5) is 0. The van der Waals surface area contributed by atoms with E-state index >= 15 is 0 Å². The minimum Gasteiger partial charge on any atom is -0.494 e. The van der Waals surface area contributed by atoms with Crippen LogP contribution in [0.5, 0.6) is 5.75 Å². The number of hydrogen-bond donors (Lipinski definition) is 2. The van der Waals surface area contributed by atoms with Gasteiger partial charge in [0.15, 0.2) is 0 Å². The zero-order valence-electron chi connectivity index (χ0n) is 11.0. The Balaban J connectivity index is 1.84. The molecule has 0 saturated carbocycles. The van der Waals surface area contributed by atoms with Crippen LogP contribution in [0.3, 0.4) is 0 Å². The first-order valence-corrected chi connectivity index (χ1v) is 6.63. The maximum Gasteiger partial charge on any atom is 0.119 e. The molecule has 0 fully saturated rings. The molecule has 0 spiro atoms. The minimum atomic E-state index is 0.725. The summed E-state index contributed by atoms with van der Waals surface area (Å²) in [5.41, 5.74) is 7.58. The lowest BCUT2D eigenvalue weighted by molar-refractivity contribution is 0.308. The smallest absolute Gasteiger partial charge is 0.119 e. The van der Waals surface area contributed by atoms with Crippen molar-refractivity contribution >= 4 is 11.4 Å². The molecule has 3 nitrogen and oxygen atoms in total. The lowest BCUT2D eigenvalue weighted by atomic mass is 10.2. The van der Waals surface area contributed by atoms with Crippen molar-refractivity contribution in [1.82, 2.24) is 0 Å². The quantitative estimate of drug-likeness (QED) is 0.745. The molecule has 0 atom stereocenters. The summed E-state index contributed by atoms with van der Waals surface area (Å²) < 4.78 is 5.63. The second-order valence-corrected chi connectivity index (χ2v) is 4.36. The largest absolute Gasteiger partial charge is 0.494 e. The molecule has 2 aromatic carbocycles. The van der Waals surface area contributed by atoms with Crippen molar-refractivity contribution in [3.63, 3.8) is 0 Å². The van der Waals surface area contributed by atoms with Gasteiger partial charge in [-0.1, -0.05) is 18.2 Å². The van der Waals surface area contributed by atoms with Gasteiger partial charge in [0.2, 0.25) is 0 Å². The molecule has 3 heteroatoms. The van der Waals surface area contributed by atoms with Crippen LogP contribution in [-0.2, 0) is 0 Å². The number of para-hydroxylation sites is 1. The molecule has 0 aliphatic rings. The van der Waals surface area contributed by atoms with Gasteiger partial charge in [0.1, 0.15) is 5.75 Å². The van der Waals surface area contributed by atoms with Gasteiger partial charge in [0.05, 0.1) is 6.61 Å². The topological polar surface area (TPSA) is 47.3 Å². The third-order valence-corrected chi connectivity index (χ3v) is 2.78. The van der Waals surface area contributed by atoms with E-state index in [0.717, 1.165) is 43.1 Å². The first-order chi connectivity index (χ1) is 9.38. The van der Waals surface area contributed by atoms with E-state index in [0.29, 0.717) is 0 Å². The predicted octanol–water partition coefficient (Wildman–Crippen LogP) is 3.55. The minimum absolute atomic E-state index is 0.725. The molecule has 0 aliphatic heterocycles. The molecule has 0 heterocycles. The number of rotatable bonds is 7.